The van der Waals surface area contributed by atoms with Crippen molar-refractivity contribution in [3.8, 4) is 0 Å². The summed E-state index contributed by atoms with van der Waals surface area (Å²) in [6, 6.07) is 16.2. The molecule has 3 rings (SSSR count). The summed E-state index contributed by atoms with van der Waals surface area (Å²) in [6.45, 7) is 5.29. The highest BCUT2D eigenvalue weighted by atomic mass is 32.2. The van der Waals surface area contributed by atoms with E-state index in [1.54, 1.807) is 6.20 Å². The topological polar surface area (TPSA) is 36.4 Å². The van der Waals surface area contributed by atoms with Gasteiger partial charge in [-0.05, 0) is 31.2 Å². The number of benzene rings is 1. The van der Waals surface area contributed by atoms with Crippen LogP contribution in [0.25, 0.3) is 0 Å². The molecule has 0 radical (unpaired) electrons. The van der Waals surface area contributed by atoms with Gasteiger partial charge in [0.25, 0.3) is 0 Å². The molecule has 0 saturated carbocycles. The molecule has 2 aromatic rings. The number of carbonyl (C=O) groups is 1. The Morgan fingerprint density at radius 3 is 2.39 bits per heavy atom. The normalized spacial score (nSPS) is 16.2. The second-order valence-corrected chi connectivity index (χ2v) is 6.94. The number of anilines is 1. The van der Waals surface area contributed by atoms with Gasteiger partial charge in [0.2, 0.25) is 5.91 Å². The maximum atomic E-state index is 12.6. The maximum absolute atomic E-state index is 12.6. The molecule has 120 valence electrons. The summed E-state index contributed by atoms with van der Waals surface area (Å²) in [5.74, 6) is 0.202. The summed E-state index contributed by atoms with van der Waals surface area (Å²) in [4.78, 5) is 21.2. The summed E-state index contributed by atoms with van der Waals surface area (Å²) in [5.41, 5.74) is 1.23. The van der Waals surface area contributed by atoms with E-state index in [-0.39, 0.29) is 11.2 Å². The smallest absolute Gasteiger partial charge is 0.235 e. The van der Waals surface area contributed by atoms with Crippen LogP contribution in [0.3, 0.4) is 0 Å². The second kappa shape index (κ2) is 7.51. The molecule has 1 aromatic carbocycles. The molecule has 0 N–H and O–H groups in total. The van der Waals surface area contributed by atoms with Crippen LogP contribution in [-0.4, -0.2) is 47.2 Å². The Bertz CT molecular complexity index is 627. The standard InChI is InChI=1S/C18H21N3OS/c1-15(23-17-9-5-6-10-19-17)18(22)21-13-11-20(12-14-21)16-7-3-2-4-8-16/h2-10,15H,11-14H2,1H3. The van der Waals surface area contributed by atoms with Crippen molar-refractivity contribution >= 4 is 23.4 Å². The zero-order chi connectivity index (χ0) is 16.1. The fourth-order valence-corrected chi connectivity index (χ4v) is 3.62. The third-order valence-electron chi connectivity index (χ3n) is 4.00. The fraction of sp³-hybridized carbons (Fsp3) is 0.333. The van der Waals surface area contributed by atoms with Crippen LogP contribution in [0, 0.1) is 0 Å². The summed E-state index contributed by atoms with van der Waals surface area (Å²) in [7, 11) is 0. The molecule has 0 spiro atoms. The number of thioether (sulfide) groups is 1. The minimum Gasteiger partial charge on any atom is -0.368 e. The molecule has 23 heavy (non-hydrogen) atoms. The number of rotatable bonds is 4. The summed E-state index contributed by atoms with van der Waals surface area (Å²) >= 11 is 1.53. The molecule has 1 aliphatic heterocycles. The minimum atomic E-state index is -0.104. The lowest BCUT2D eigenvalue weighted by Crippen LogP contribution is -2.50. The first-order valence-electron chi connectivity index (χ1n) is 7.90. The largest absolute Gasteiger partial charge is 0.368 e. The molecule has 1 aromatic heterocycles. The molecule has 1 amide bonds. The number of nitrogens with zero attached hydrogens (tertiary/aromatic N) is 3. The van der Waals surface area contributed by atoms with Crippen molar-refractivity contribution in [3.63, 3.8) is 0 Å². The summed E-state index contributed by atoms with van der Waals surface area (Å²) in [5, 5.41) is 0.796. The second-order valence-electron chi connectivity index (χ2n) is 5.58. The Balaban J connectivity index is 1.54. The molecule has 0 bridgehead atoms. The molecule has 1 aliphatic rings. The van der Waals surface area contributed by atoms with Crippen LogP contribution in [0.4, 0.5) is 5.69 Å². The van der Waals surface area contributed by atoms with Gasteiger partial charge in [0.05, 0.1) is 10.3 Å². The molecule has 1 saturated heterocycles. The predicted octanol–water partition coefficient (Wildman–Crippen LogP) is 2.91. The molecular weight excluding hydrogens is 306 g/mol. The van der Waals surface area contributed by atoms with E-state index in [0.29, 0.717) is 0 Å². The molecular formula is C18H21N3OS. The van der Waals surface area contributed by atoms with Gasteiger partial charge in [-0.15, -0.1) is 0 Å². The third kappa shape index (κ3) is 4.05. The van der Waals surface area contributed by atoms with Crippen LogP contribution < -0.4 is 4.90 Å². The predicted molar refractivity (Wildman–Crippen MR) is 94.8 cm³/mol. The van der Waals surface area contributed by atoms with Gasteiger partial charge in [0.1, 0.15) is 0 Å². The van der Waals surface area contributed by atoms with Gasteiger partial charge in [0.15, 0.2) is 0 Å². The van der Waals surface area contributed by atoms with Crippen LogP contribution in [0.5, 0.6) is 0 Å². The van der Waals surface area contributed by atoms with Crippen molar-refractivity contribution in [3.05, 3.63) is 54.7 Å². The van der Waals surface area contributed by atoms with Gasteiger partial charge in [-0.25, -0.2) is 4.98 Å². The van der Waals surface area contributed by atoms with Crippen molar-refractivity contribution in [2.24, 2.45) is 0 Å². The molecule has 2 heterocycles. The molecule has 1 unspecified atom stereocenters. The highest BCUT2D eigenvalue weighted by Gasteiger charge is 2.25. The Labute approximate surface area is 141 Å². The molecule has 1 fully saturated rings. The molecule has 4 nitrogen and oxygen atoms in total. The van der Waals surface area contributed by atoms with Gasteiger partial charge in [0, 0.05) is 38.1 Å². The number of piperazine rings is 1. The first-order chi connectivity index (χ1) is 11.2. The number of hydrogen-bond donors (Lipinski definition) is 0. The highest BCUT2D eigenvalue weighted by Crippen LogP contribution is 2.23. The van der Waals surface area contributed by atoms with E-state index < -0.39 is 0 Å². The van der Waals surface area contributed by atoms with Crippen molar-refractivity contribution in [2.75, 3.05) is 31.1 Å². The number of pyridine rings is 1. The van der Waals surface area contributed by atoms with Crippen LogP contribution in [0.2, 0.25) is 0 Å². The lowest BCUT2D eigenvalue weighted by atomic mass is 10.2. The van der Waals surface area contributed by atoms with E-state index in [1.807, 2.05) is 36.1 Å². The number of para-hydroxylation sites is 1. The number of aromatic nitrogens is 1. The van der Waals surface area contributed by atoms with Crippen molar-refractivity contribution in [1.82, 2.24) is 9.88 Å². The van der Waals surface area contributed by atoms with E-state index in [9.17, 15) is 4.79 Å². The summed E-state index contributed by atoms with van der Waals surface area (Å²) < 4.78 is 0. The zero-order valence-electron chi connectivity index (χ0n) is 13.3. The maximum Gasteiger partial charge on any atom is 0.235 e. The van der Waals surface area contributed by atoms with Crippen LogP contribution in [-0.2, 0) is 4.79 Å². The minimum absolute atomic E-state index is 0.104. The average molecular weight is 327 g/mol. The Morgan fingerprint density at radius 2 is 1.74 bits per heavy atom. The lowest BCUT2D eigenvalue weighted by molar-refractivity contribution is -0.130. The van der Waals surface area contributed by atoms with E-state index in [4.69, 9.17) is 0 Å². The number of hydrogen-bond acceptors (Lipinski definition) is 4. The van der Waals surface area contributed by atoms with Crippen LogP contribution in [0.15, 0.2) is 59.8 Å². The highest BCUT2D eigenvalue weighted by molar-refractivity contribution is 8.00. The van der Waals surface area contributed by atoms with Gasteiger partial charge in [-0.2, -0.15) is 0 Å². The van der Waals surface area contributed by atoms with Crippen molar-refractivity contribution in [1.29, 1.82) is 0 Å². The van der Waals surface area contributed by atoms with E-state index in [1.165, 1.54) is 17.4 Å². The third-order valence-corrected chi connectivity index (χ3v) is 5.03. The van der Waals surface area contributed by atoms with E-state index in [0.717, 1.165) is 31.2 Å². The molecule has 5 heteroatoms. The van der Waals surface area contributed by atoms with Crippen molar-refractivity contribution < 1.29 is 4.79 Å². The molecule has 0 aliphatic carbocycles. The van der Waals surface area contributed by atoms with Gasteiger partial charge in [-0.3, -0.25) is 4.79 Å². The molecule has 1 atom stereocenters. The van der Waals surface area contributed by atoms with Gasteiger partial charge in [-0.1, -0.05) is 36.0 Å². The number of carbonyl (C=O) groups excluding carboxylic acids is 1. The quantitative estimate of drug-likeness (QED) is 0.809. The number of amides is 1. The zero-order valence-corrected chi connectivity index (χ0v) is 14.1. The van der Waals surface area contributed by atoms with E-state index >= 15 is 0 Å². The lowest BCUT2D eigenvalue weighted by Gasteiger charge is -2.37. The van der Waals surface area contributed by atoms with Crippen molar-refractivity contribution in [2.45, 2.75) is 17.2 Å². The first kappa shape index (κ1) is 15.9. The average Bonchev–Trinajstić information content (AvgIpc) is 2.63. The monoisotopic (exact) mass is 327 g/mol. The Morgan fingerprint density at radius 1 is 1.04 bits per heavy atom. The Kier molecular flexibility index (Phi) is 5.18. The van der Waals surface area contributed by atoms with E-state index in [2.05, 4.69) is 34.1 Å². The van der Waals surface area contributed by atoms with Crippen LogP contribution in [0.1, 0.15) is 6.92 Å². The van der Waals surface area contributed by atoms with Gasteiger partial charge >= 0.3 is 0 Å². The summed E-state index contributed by atoms with van der Waals surface area (Å²) in [6.07, 6.45) is 1.76. The van der Waals surface area contributed by atoms with Gasteiger partial charge < -0.3 is 9.80 Å². The Hall–Kier alpha value is -2.01. The fourth-order valence-electron chi connectivity index (χ4n) is 2.73. The SMILES string of the molecule is CC(Sc1ccccn1)C(=O)N1CCN(c2ccccc2)CC1. The first-order valence-corrected chi connectivity index (χ1v) is 8.78. The van der Waals surface area contributed by atoms with Crippen LogP contribution >= 0.6 is 11.8 Å².